The summed E-state index contributed by atoms with van der Waals surface area (Å²) in [4.78, 5) is 26.0. The first-order valence-corrected chi connectivity index (χ1v) is 11.3. The Hall–Kier alpha value is -2.07. The third-order valence-corrected chi connectivity index (χ3v) is 5.94. The van der Waals surface area contributed by atoms with Crippen LogP contribution in [-0.2, 0) is 25.8 Å². The zero-order valence-corrected chi connectivity index (χ0v) is 18.1. The van der Waals surface area contributed by atoms with Crippen LogP contribution in [0.1, 0.15) is 72.6 Å². The number of hydrogen-bond acceptors (Lipinski definition) is 2. The molecule has 5 heteroatoms. The number of hydrogen-bond donors (Lipinski definition) is 1. The number of amides is 1. The van der Waals surface area contributed by atoms with Crippen LogP contribution in [0.25, 0.3) is 0 Å². The summed E-state index contributed by atoms with van der Waals surface area (Å²) in [6.45, 7) is 3.32. The topological polar surface area (TPSA) is 51.1 Å². The van der Waals surface area contributed by atoms with Gasteiger partial charge < -0.3 is 9.88 Å². The van der Waals surface area contributed by atoms with Gasteiger partial charge in [-0.3, -0.25) is 9.59 Å². The van der Waals surface area contributed by atoms with Gasteiger partial charge >= 0.3 is 0 Å². The second kappa shape index (κ2) is 10.6. The molecule has 29 heavy (non-hydrogen) atoms. The lowest BCUT2D eigenvalue weighted by Gasteiger charge is -2.21. The highest BCUT2D eigenvalue weighted by molar-refractivity contribution is 6.30. The molecule has 1 aromatic carbocycles. The van der Waals surface area contributed by atoms with Crippen LogP contribution < -0.4 is 10.9 Å². The van der Waals surface area contributed by atoms with Crippen LogP contribution in [0.4, 0.5) is 0 Å². The Morgan fingerprint density at radius 1 is 1.10 bits per heavy atom. The molecule has 1 aliphatic rings. The SMILES string of the molecule is CCCCn1c2c(cc(C(=O)NCCc3ccc(Cl)cc3)c1=O)CCCCCC2. The van der Waals surface area contributed by atoms with Gasteiger partial charge in [0.05, 0.1) is 0 Å². The molecular formula is C24H31ClN2O2. The number of aromatic nitrogens is 1. The summed E-state index contributed by atoms with van der Waals surface area (Å²) < 4.78 is 1.89. The van der Waals surface area contributed by atoms with Crippen LogP contribution >= 0.6 is 11.6 Å². The summed E-state index contributed by atoms with van der Waals surface area (Å²) in [5, 5.41) is 3.64. The molecule has 156 valence electrons. The summed E-state index contributed by atoms with van der Waals surface area (Å²) >= 11 is 5.92. The molecule has 0 bridgehead atoms. The van der Waals surface area contributed by atoms with Crippen molar-refractivity contribution in [3.05, 3.63) is 68.1 Å². The van der Waals surface area contributed by atoms with E-state index in [2.05, 4.69) is 12.2 Å². The van der Waals surface area contributed by atoms with Crippen LogP contribution in [0.5, 0.6) is 0 Å². The van der Waals surface area contributed by atoms with Crippen LogP contribution in [-0.4, -0.2) is 17.0 Å². The minimum Gasteiger partial charge on any atom is -0.352 e. The van der Waals surface area contributed by atoms with Crippen molar-refractivity contribution in [1.82, 2.24) is 9.88 Å². The Morgan fingerprint density at radius 2 is 1.83 bits per heavy atom. The van der Waals surface area contributed by atoms with E-state index in [1.165, 1.54) is 18.4 Å². The van der Waals surface area contributed by atoms with E-state index in [9.17, 15) is 9.59 Å². The molecule has 1 aromatic heterocycles. The lowest BCUT2D eigenvalue weighted by molar-refractivity contribution is 0.0951. The van der Waals surface area contributed by atoms with E-state index >= 15 is 0 Å². The molecule has 0 saturated heterocycles. The van der Waals surface area contributed by atoms with Gasteiger partial charge in [-0.05, 0) is 67.9 Å². The molecule has 1 amide bonds. The fourth-order valence-electron chi connectivity index (χ4n) is 4.02. The number of aryl methyl sites for hydroxylation is 1. The fraction of sp³-hybridized carbons (Fsp3) is 0.500. The van der Waals surface area contributed by atoms with E-state index in [4.69, 9.17) is 11.6 Å². The smallest absolute Gasteiger partial charge is 0.263 e. The molecule has 1 heterocycles. The molecule has 0 saturated carbocycles. The van der Waals surface area contributed by atoms with Gasteiger partial charge in [0.15, 0.2) is 0 Å². The summed E-state index contributed by atoms with van der Waals surface area (Å²) in [5.41, 5.74) is 3.59. The third kappa shape index (κ3) is 5.72. The molecule has 4 nitrogen and oxygen atoms in total. The largest absolute Gasteiger partial charge is 0.352 e. The van der Waals surface area contributed by atoms with Crippen molar-refractivity contribution in [3.8, 4) is 0 Å². The minimum atomic E-state index is -0.265. The van der Waals surface area contributed by atoms with Crippen molar-refractivity contribution in [1.29, 1.82) is 0 Å². The van der Waals surface area contributed by atoms with E-state index in [1.54, 1.807) is 0 Å². The molecule has 3 rings (SSSR count). The van der Waals surface area contributed by atoms with Gasteiger partial charge in [-0.1, -0.05) is 49.9 Å². The number of nitrogens with one attached hydrogen (secondary N) is 1. The lowest BCUT2D eigenvalue weighted by Crippen LogP contribution is -2.36. The van der Waals surface area contributed by atoms with Crippen molar-refractivity contribution in [2.75, 3.05) is 6.54 Å². The van der Waals surface area contributed by atoms with Gasteiger partial charge in [0.2, 0.25) is 0 Å². The van der Waals surface area contributed by atoms with E-state index in [1.807, 2.05) is 34.9 Å². The maximum Gasteiger partial charge on any atom is 0.263 e. The number of rotatable bonds is 7. The second-order valence-corrected chi connectivity index (χ2v) is 8.32. The van der Waals surface area contributed by atoms with Crippen LogP contribution in [0.2, 0.25) is 5.02 Å². The Balaban J connectivity index is 1.79. The van der Waals surface area contributed by atoms with Crippen LogP contribution in [0, 0.1) is 0 Å². The first-order chi connectivity index (χ1) is 14.1. The highest BCUT2D eigenvalue weighted by atomic mass is 35.5. The lowest BCUT2D eigenvalue weighted by atomic mass is 9.95. The number of pyridine rings is 1. The van der Waals surface area contributed by atoms with Crippen molar-refractivity contribution in [2.45, 2.75) is 71.3 Å². The number of nitrogens with zero attached hydrogens (tertiary/aromatic N) is 1. The van der Waals surface area contributed by atoms with Gasteiger partial charge in [0, 0.05) is 23.8 Å². The number of benzene rings is 1. The number of unbranched alkanes of at least 4 members (excludes halogenated alkanes) is 1. The summed E-state index contributed by atoms with van der Waals surface area (Å²) in [6.07, 6.45) is 9.25. The van der Waals surface area contributed by atoms with E-state index in [0.717, 1.165) is 49.8 Å². The summed E-state index contributed by atoms with van der Waals surface area (Å²) in [7, 11) is 0. The zero-order valence-electron chi connectivity index (χ0n) is 17.3. The molecule has 1 aliphatic carbocycles. The van der Waals surface area contributed by atoms with Crippen molar-refractivity contribution >= 4 is 17.5 Å². The molecule has 0 atom stereocenters. The average molecular weight is 415 g/mol. The van der Waals surface area contributed by atoms with Crippen molar-refractivity contribution in [2.24, 2.45) is 0 Å². The maximum atomic E-state index is 13.1. The number of halogens is 1. The summed E-state index contributed by atoms with van der Waals surface area (Å²) in [5.74, 6) is -0.265. The number of fused-ring (bicyclic) bond motifs is 1. The van der Waals surface area contributed by atoms with Gasteiger partial charge in [-0.2, -0.15) is 0 Å². The fourth-order valence-corrected chi connectivity index (χ4v) is 4.14. The highest BCUT2D eigenvalue weighted by Crippen LogP contribution is 2.20. The first kappa shape index (κ1) is 21.6. The third-order valence-electron chi connectivity index (χ3n) is 5.69. The second-order valence-electron chi connectivity index (χ2n) is 7.89. The first-order valence-electron chi connectivity index (χ1n) is 10.9. The van der Waals surface area contributed by atoms with Gasteiger partial charge in [-0.15, -0.1) is 0 Å². The van der Waals surface area contributed by atoms with Gasteiger partial charge in [-0.25, -0.2) is 0 Å². The Kier molecular flexibility index (Phi) is 7.93. The van der Waals surface area contributed by atoms with Gasteiger partial charge in [0.25, 0.3) is 11.5 Å². The van der Waals surface area contributed by atoms with E-state index < -0.39 is 0 Å². The number of carbonyl (C=O) groups excluding carboxylic acids is 1. The van der Waals surface area contributed by atoms with Gasteiger partial charge in [0.1, 0.15) is 5.56 Å². The Bertz CT molecular complexity index is 887. The Morgan fingerprint density at radius 3 is 2.55 bits per heavy atom. The zero-order chi connectivity index (χ0) is 20.6. The molecule has 0 unspecified atom stereocenters. The molecule has 2 aromatic rings. The van der Waals surface area contributed by atoms with E-state index in [-0.39, 0.29) is 17.0 Å². The molecule has 0 aliphatic heterocycles. The monoisotopic (exact) mass is 414 g/mol. The van der Waals surface area contributed by atoms with E-state index in [0.29, 0.717) is 24.5 Å². The minimum absolute atomic E-state index is 0.137. The normalized spacial score (nSPS) is 14.0. The highest BCUT2D eigenvalue weighted by Gasteiger charge is 2.19. The molecule has 0 fully saturated rings. The summed E-state index contributed by atoms with van der Waals surface area (Å²) in [6, 6.07) is 9.47. The average Bonchev–Trinajstić information content (AvgIpc) is 2.69. The molecule has 1 N–H and O–H groups in total. The quantitative estimate of drug-likeness (QED) is 0.698. The van der Waals surface area contributed by atoms with Crippen molar-refractivity contribution in [3.63, 3.8) is 0 Å². The Labute approximate surface area is 178 Å². The standard InChI is InChI=1S/C24H31ClN2O2/c1-2-3-16-27-22-9-7-5-4-6-8-19(22)17-21(24(27)29)23(28)26-15-14-18-10-12-20(25)13-11-18/h10-13,17H,2-9,14-16H2,1H3,(H,26,28). The van der Waals surface area contributed by atoms with Crippen LogP contribution in [0.15, 0.2) is 35.1 Å². The molecule has 0 spiro atoms. The van der Waals surface area contributed by atoms with Crippen molar-refractivity contribution < 1.29 is 4.79 Å². The predicted molar refractivity (Wildman–Crippen MR) is 119 cm³/mol. The van der Waals surface area contributed by atoms with Crippen LogP contribution in [0.3, 0.4) is 0 Å². The maximum absolute atomic E-state index is 13.1. The molecular weight excluding hydrogens is 384 g/mol. The predicted octanol–water partition coefficient (Wildman–Crippen LogP) is 4.93. The number of carbonyl (C=O) groups is 1. The molecule has 0 radical (unpaired) electrons.